The van der Waals surface area contributed by atoms with Crippen LogP contribution < -0.4 is 4.74 Å². The molecule has 14 heavy (non-hydrogen) atoms. The van der Waals surface area contributed by atoms with Crippen molar-refractivity contribution in [3.8, 4) is 5.75 Å². The highest BCUT2D eigenvalue weighted by Gasteiger charge is 1.98. The van der Waals surface area contributed by atoms with Crippen LogP contribution in [0.1, 0.15) is 5.56 Å². The summed E-state index contributed by atoms with van der Waals surface area (Å²) in [6.07, 6.45) is 0. The summed E-state index contributed by atoms with van der Waals surface area (Å²) in [6, 6.07) is 5.74. The molecule has 0 aliphatic heterocycles. The highest BCUT2D eigenvalue weighted by molar-refractivity contribution is 6.30. The number of nitrogens with zero attached hydrogens (tertiary/aromatic N) is 1. The molecule has 0 aliphatic rings. The first-order valence-electron chi connectivity index (χ1n) is 4.62. The molecule has 0 aliphatic carbocycles. The van der Waals surface area contributed by atoms with Crippen molar-refractivity contribution in [2.45, 2.75) is 6.92 Å². The van der Waals surface area contributed by atoms with Crippen molar-refractivity contribution in [2.24, 2.45) is 0 Å². The van der Waals surface area contributed by atoms with Gasteiger partial charge in [0.15, 0.2) is 0 Å². The maximum atomic E-state index is 5.90. The monoisotopic (exact) mass is 213 g/mol. The van der Waals surface area contributed by atoms with Gasteiger partial charge in [0, 0.05) is 11.6 Å². The molecular formula is C11H16ClNO. The van der Waals surface area contributed by atoms with Crippen molar-refractivity contribution in [2.75, 3.05) is 27.2 Å². The highest BCUT2D eigenvalue weighted by Crippen LogP contribution is 2.20. The first-order valence-corrected chi connectivity index (χ1v) is 5.00. The molecule has 0 heterocycles. The van der Waals surface area contributed by atoms with Gasteiger partial charge >= 0.3 is 0 Å². The zero-order valence-corrected chi connectivity index (χ0v) is 9.64. The smallest absolute Gasteiger partial charge is 0.121 e. The zero-order chi connectivity index (χ0) is 10.6. The van der Waals surface area contributed by atoms with E-state index in [4.69, 9.17) is 16.3 Å². The Labute approximate surface area is 90.4 Å². The SMILES string of the molecule is Cc1cc(Cl)cc(OCCN(C)C)c1. The lowest BCUT2D eigenvalue weighted by Crippen LogP contribution is -2.19. The van der Waals surface area contributed by atoms with Gasteiger partial charge in [-0.1, -0.05) is 11.6 Å². The van der Waals surface area contributed by atoms with Gasteiger partial charge < -0.3 is 9.64 Å². The fourth-order valence-electron chi connectivity index (χ4n) is 1.13. The number of benzene rings is 1. The number of likely N-dealkylation sites (N-methyl/N-ethyl adjacent to an activating group) is 1. The average Bonchev–Trinajstić information content (AvgIpc) is 2.01. The Kier molecular flexibility index (Phi) is 4.23. The quantitative estimate of drug-likeness (QED) is 0.763. The molecule has 0 unspecified atom stereocenters. The zero-order valence-electron chi connectivity index (χ0n) is 8.88. The molecule has 0 bridgehead atoms. The van der Waals surface area contributed by atoms with Crippen LogP contribution in [0.2, 0.25) is 5.02 Å². The number of halogens is 1. The van der Waals surface area contributed by atoms with Gasteiger partial charge in [-0.25, -0.2) is 0 Å². The van der Waals surface area contributed by atoms with Gasteiger partial charge in [0.05, 0.1) is 0 Å². The van der Waals surface area contributed by atoms with E-state index in [2.05, 4.69) is 4.90 Å². The third-order valence-electron chi connectivity index (χ3n) is 1.82. The molecule has 0 spiro atoms. The normalized spacial score (nSPS) is 10.6. The molecule has 1 aromatic rings. The predicted octanol–water partition coefficient (Wildman–Crippen LogP) is 2.59. The number of aryl methyl sites for hydroxylation is 1. The predicted molar refractivity (Wildman–Crippen MR) is 60.2 cm³/mol. The number of rotatable bonds is 4. The van der Waals surface area contributed by atoms with Crippen LogP contribution in [0.4, 0.5) is 0 Å². The van der Waals surface area contributed by atoms with E-state index in [0.717, 1.165) is 22.9 Å². The van der Waals surface area contributed by atoms with Crippen LogP contribution in [0.3, 0.4) is 0 Å². The van der Waals surface area contributed by atoms with Gasteiger partial charge in [0.1, 0.15) is 12.4 Å². The molecule has 0 N–H and O–H groups in total. The van der Waals surface area contributed by atoms with E-state index in [-0.39, 0.29) is 0 Å². The second-order valence-electron chi connectivity index (χ2n) is 3.62. The Morgan fingerprint density at radius 1 is 1.29 bits per heavy atom. The molecule has 0 saturated carbocycles. The van der Waals surface area contributed by atoms with Crippen LogP contribution in [-0.4, -0.2) is 32.1 Å². The third kappa shape index (κ3) is 3.99. The molecule has 0 fully saturated rings. The topological polar surface area (TPSA) is 12.5 Å². The van der Waals surface area contributed by atoms with Gasteiger partial charge in [-0.15, -0.1) is 0 Å². The summed E-state index contributed by atoms with van der Waals surface area (Å²) in [5, 5.41) is 0.727. The van der Waals surface area contributed by atoms with E-state index in [1.54, 1.807) is 0 Å². The Bertz CT molecular complexity index is 279. The van der Waals surface area contributed by atoms with Gasteiger partial charge in [-0.3, -0.25) is 0 Å². The van der Waals surface area contributed by atoms with Gasteiger partial charge in [-0.2, -0.15) is 0 Å². The van der Waals surface area contributed by atoms with E-state index < -0.39 is 0 Å². The maximum absolute atomic E-state index is 5.90. The number of hydrogen-bond donors (Lipinski definition) is 0. The molecule has 0 saturated heterocycles. The molecule has 0 radical (unpaired) electrons. The Hall–Kier alpha value is -0.730. The van der Waals surface area contributed by atoms with Crippen LogP contribution >= 0.6 is 11.6 Å². The summed E-state index contributed by atoms with van der Waals surface area (Å²) in [5.41, 5.74) is 1.12. The molecular weight excluding hydrogens is 198 g/mol. The van der Waals surface area contributed by atoms with Crippen LogP contribution in [0.15, 0.2) is 18.2 Å². The van der Waals surface area contributed by atoms with E-state index in [1.807, 2.05) is 39.2 Å². The van der Waals surface area contributed by atoms with Crippen LogP contribution in [0.5, 0.6) is 5.75 Å². The number of hydrogen-bond acceptors (Lipinski definition) is 2. The Morgan fingerprint density at radius 2 is 2.00 bits per heavy atom. The standard InChI is InChI=1S/C11H16ClNO/c1-9-6-10(12)8-11(7-9)14-5-4-13(2)3/h6-8H,4-5H2,1-3H3. The molecule has 1 aromatic carbocycles. The summed E-state index contributed by atoms with van der Waals surface area (Å²) in [5.74, 6) is 0.844. The van der Waals surface area contributed by atoms with Crippen LogP contribution in [-0.2, 0) is 0 Å². The second-order valence-corrected chi connectivity index (χ2v) is 4.05. The largest absolute Gasteiger partial charge is 0.492 e. The molecule has 3 heteroatoms. The lowest BCUT2D eigenvalue weighted by atomic mass is 10.2. The van der Waals surface area contributed by atoms with E-state index in [9.17, 15) is 0 Å². The number of ether oxygens (including phenoxy) is 1. The minimum atomic E-state index is 0.687. The Morgan fingerprint density at radius 3 is 2.57 bits per heavy atom. The van der Waals surface area contributed by atoms with Crippen molar-refractivity contribution in [1.29, 1.82) is 0 Å². The van der Waals surface area contributed by atoms with Crippen LogP contribution in [0, 0.1) is 6.92 Å². The minimum absolute atomic E-state index is 0.687. The van der Waals surface area contributed by atoms with Gasteiger partial charge in [0.25, 0.3) is 0 Å². The fourth-order valence-corrected chi connectivity index (χ4v) is 1.41. The van der Waals surface area contributed by atoms with Gasteiger partial charge in [-0.05, 0) is 44.8 Å². The summed E-state index contributed by atoms with van der Waals surface area (Å²) >= 11 is 5.90. The van der Waals surface area contributed by atoms with E-state index in [1.165, 1.54) is 0 Å². The van der Waals surface area contributed by atoms with Crippen LogP contribution in [0.25, 0.3) is 0 Å². The molecule has 1 rings (SSSR count). The average molecular weight is 214 g/mol. The van der Waals surface area contributed by atoms with Gasteiger partial charge in [0.2, 0.25) is 0 Å². The molecule has 0 amide bonds. The second kappa shape index (κ2) is 5.23. The summed E-state index contributed by atoms with van der Waals surface area (Å²) < 4.78 is 5.55. The minimum Gasteiger partial charge on any atom is -0.492 e. The first kappa shape index (κ1) is 11.3. The summed E-state index contributed by atoms with van der Waals surface area (Å²) in [6.45, 7) is 3.60. The highest BCUT2D eigenvalue weighted by atomic mass is 35.5. The van der Waals surface area contributed by atoms with Crippen molar-refractivity contribution >= 4 is 11.6 Å². The van der Waals surface area contributed by atoms with Crippen molar-refractivity contribution in [3.63, 3.8) is 0 Å². The molecule has 0 atom stereocenters. The molecule has 78 valence electrons. The van der Waals surface area contributed by atoms with E-state index in [0.29, 0.717) is 6.61 Å². The third-order valence-corrected chi connectivity index (χ3v) is 2.04. The fraction of sp³-hybridized carbons (Fsp3) is 0.455. The van der Waals surface area contributed by atoms with Crippen molar-refractivity contribution in [1.82, 2.24) is 4.90 Å². The maximum Gasteiger partial charge on any atom is 0.121 e. The Balaban J connectivity index is 2.50. The first-order chi connectivity index (χ1) is 6.58. The van der Waals surface area contributed by atoms with Crippen molar-refractivity contribution < 1.29 is 4.74 Å². The lowest BCUT2D eigenvalue weighted by Gasteiger charge is -2.11. The van der Waals surface area contributed by atoms with Crippen molar-refractivity contribution in [3.05, 3.63) is 28.8 Å². The molecule has 2 nitrogen and oxygen atoms in total. The molecule has 0 aromatic heterocycles. The van der Waals surface area contributed by atoms with E-state index >= 15 is 0 Å². The summed E-state index contributed by atoms with van der Waals surface area (Å²) in [7, 11) is 4.04. The summed E-state index contributed by atoms with van der Waals surface area (Å²) in [4.78, 5) is 2.08. The lowest BCUT2D eigenvalue weighted by molar-refractivity contribution is 0.261.